The van der Waals surface area contributed by atoms with Gasteiger partial charge < -0.3 is 156 Å². The fourth-order valence-electron chi connectivity index (χ4n) is 25.9. The Morgan fingerprint density at radius 1 is 0.302 bits per heavy atom. The summed E-state index contributed by atoms with van der Waals surface area (Å²) in [6.45, 7) is -1.44. The summed E-state index contributed by atoms with van der Waals surface area (Å²) in [5.41, 5.74) is -6.34. The predicted octanol–water partition coefficient (Wildman–Crippen LogP) is 13.8. The number of carbonyl (C=O) groups is 9. The molecule has 1 heterocycles. The Balaban J connectivity index is 0.677. The Bertz CT molecular complexity index is 10600. The Morgan fingerprint density at radius 2 is 0.745 bits per heavy atom. The van der Waals surface area contributed by atoms with E-state index < -0.39 is 280 Å². The SMILES string of the molecule is O=C(OCC1O[C@@H](OC(=O)c2cc(O)c(O)c(O)c2)C(OC(=O)c2cc(O)c(O)c(O)c2)[C@@H](OC(=O)c2cc(O)c(OC(=O)c3c4c5c6c7c3c(O)c3cc(O)c8c9c3c7c3c7c9c9c(cc(O)c%10cc%11c%12c%13c(cc%14cc(O)c%15c%16c%17c%18c(c(O)cc%19c%18c(c%18c6c3c3c(c%18%17)c%15c%14c%13c3c7c%12c%109)C5C(=C%19O)C=C4O)C(C(=O)O)C=%16)=CC%11C(=O)O)C8C(=O)O)c(O)c2)[C@@H]1OC(=O)c1cc(O)c(O)c(O)c1)c1cc(O)c(O)c(O)c1. The van der Waals surface area contributed by atoms with E-state index in [2.05, 4.69) is 0 Å². The molecule has 40 nitrogen and oxygen atoms in total. The molecule has 0 bridgehead atoms. The van der Waals surface area contributed by atoms with Crippen molar-refractivity contribution in [3.05, 3.63) is 197 Å². The molecule has 24 N–H and O–H groups in total. The quantitative estimate of drug-likeness (QED) is 0.0107. The maximum atomic E-state index is 17.1. The average molecular weight is 2000 g/mol. The normalized spacial score (nSPS) is 18.7. The van der Waals surface area contributed by atoms with Gasteiger partial charge in [0.1, 0.15) is 70.7 Å². The molecule has 22 aromatic carbocycles. The highest BCUT2D eigenvalue weighted by atomic mass is 16.7. The number of aliphatic hydroxyl groups is 2. The van der Waals surface area contributed by atoms with Crippen LogP contribution in [0.25, 0.3) is 196 Å². The number of aliphatic hydroxyl groups excluding tert-OH is 2. The molecule has 0 radical (unpaired) electrons. The molecular formula is C109H54O40. The van der Waals surface area contributed by atoms with E-state index >= 15 is 9.59 Å². The van der Waals surface area contributed by atoms with Crippen LogP contribution in [0.15, 0.2) is 109 Å². The van der Waals surface area contributed by atoms with Crippen LogP contribution in [0.5, 0.6) is 115 Å². The minimum Gasteiger partial charge on any atom is -0.508 e. The number of aromatic hydroxyl groups is 19. The summed E-state index contributed by atoms with van der Waals surface area (Å²) < 4.78 is 41.4. The van der Waals surface area contributed by atoms with E-state index in [0.717, 1.165) is 12.1 Å². The van der Waals surface area contributed by atoms with Crippen LogP contribution in [0.3, 0.4) is 0 Å². The molecule has 29 rings (SSSR count). The first-order valence-electron chi connectivity index (χ1n) is 45.3. The highest BCUT2D eigenvalue weighted by Gasteiger charge is 2.57. The number of phenols is 19. The Kier molecular flexibility index (Phi) is 15.5. The fraction of sp³-hybridized carbons (Fsp3) is 0.0917. The van der Waals surface area contributed by atoms with Gasteiger partial charge in [0.2, 0.25) is 18.1 Å². The largest absolute Gasteiger partial charge is 0.508 e. The number of carbonyl (C=O) groups excluding carboxylic acids is 6. The number of ether oxygens (including phenoxy) is 7. The molecule has 0 aromatic heterocycles. The van der Waals surface area contributed by atoms with E-state index in [1.54, 1.807) is 18.2 Å². The van der Waals surface area contributed by atoms with Gasteiger partial charge in [-0.15, -0.1) is 0 Å². The summed E-state index contributed by atoms with van der Waals surface area (Å²) >= 11 is 0. The van der Waals surface area contributed by atoms with Crippen molar-refractivity contribution in [3.63, 3.8) is 0 Å². The molecule has 22 aromatic rings. The lowest BCUT2D eigenvalue weighted by molar-refractivity contribution is -0.282. The number of fused-ring (bicyclic) bond motifs is 1. The third-order valence-electron chi connectivity index (χ3n) is 31.2. The topological polar surface area (TPSA) is 704 Å². The maximum Gasteiger partial charge on any atom is 0.345 e. The van der Waals surface area contributed by atoms with Crippen molar-refractivity contribution in [1.82, 2.24) is 0 Å². The number of carboxylic acid groups (broad SMARTS) is 3. The number of aliphatic carboxylic acids is 3. The number of phenolic OH excluding ortho intramolecular Hbond substituents is 19. The molecule has 149 heavy (non-hydrogen) atoms. The van der Waals surface area contributed by atoms with Crippen molar-refractivity contribution >= 4 is 250 Å². The van der Waals surface area contributed by atoms with Crippen LogP contribution in [-0.2, 0) is 42.8 Å². The first kappa shape index (κ1) is 85.1. The second-order valence-electron chi connectivity index (χ2n) is 38.4. The molecule has 1 aliphatic heterocycles. The third kappa shape index (κ3) is 9.94. The van der Waals surface area contributed by atoms with Gasteiger partial charge in [-0.05, 0) is 244 Å². The molecule has 9 atom stereocenters. The van der Waals surface area contributed by atoms with E-state index in [4.69, 9.17) is 33.2 Å². The van der Waals surface area contributed by atoms with Crippen molar-refractivity contribution < 1.29 is 199 Å². The first-order chi connectivity index (χ1) is 71.1. The van der Waals surface area contributed by atoms with E-state index in [1.807, 2.05) is 0 Å². The number of hydrogen-bond acceptors (Lipinski definition) is 37. The Morgan fingerprint density at radius 3 is 1.30 bits per heavy atom. The maximum absolute atomic E-state index is 17.1. The summed E-state index contributed by atoms with van der Waals surface area (Å²) in [7, 11) is 0. The number of allylic oxidation sites excluding steroid dienone is 2. The highest BCUT2D eigenvalue weighted by Crippen LogP contribution is 2.72. The summed E-state index contributed by atoms with van der Waals surface area (Å²) in [4.78, 5) is 135. The van der Waals surface area contributed by atoms with Crippen LogP contribution >= 0.6 is 0 Å². The van der Waals surface area contributed by atoms with E-state index in [-0.39, 0.29) is 131 Å². The molecule has 1 saturated heterocycles. The van der Waals surface area contributed by atoms with Gasteiger partial charge in [0.15, 0.2) is 92.7 Å². The predicted molar refractivity (Wildman–Crippen MR) is 517 cm³/mol. The van der Waals surface area contributed by atoms with Crippen LogP contribution in [0.4, 0.5) is 0 Å². The lowest BCUT2D eigenvalue weighted by Crippen LogP contribution is -2.63. The average Bonchev–Trinajstić information content (AvgIpc) is 0.612. The third-order valence-corrected chi connectivity index (χ3v) is 31.2. The van der Waals surface area contributed by atoms with Gasteiger partial charge in [-0.25, -0.2) is 28.8 Å². The number of carboxylic acids is 3. The van der Waals surface area contributed by atoms with Crippen LogP contribution in [0.2, 0.25) is 0 Å². The lowest BCUT2D eigenvalue weighted by atomic mass is 9.60. The summed E-state index contributed by atoms with van der Waals surface area (Å²) in [6.07, 6.45) is -9.55. The van der Waals surface area contributed by atoms with E-state index in [0.29, 0.717) is 157 Å². The molecule has 0 saturated carbocycles. The van der Waals surface area contributed by atoms with Crippen molar-refractivity contribution in [2.24, 2.45) is 0 Å². The molecule has 6 aliphatic carbocycles. The molecule has 730 valence electrons. The first-order valence-corrected chi connectivity index (χ1v) is 45.3. The van der Waals surface area contributed by atoms with Crippen LogP contribution < -0.4 is 15.2 Å². The van der Waals surface area contributed by atoms with Gasteiger partial charge in [-0.3, -0.25) is 14.4 Å². The molecule has 6 unspecified atom stereocenters. The molecule has 40 heteroatoms. The van der Waals surface area contributed by atoms with Gasteiger partial charge in [-0.1, -0.05) is 12.2 Å². The van der Waals surface area contributed by atoms with Gasteiger partial charge >= 0.3 is 53.7 Å². The van der Waals surface area contributed by atoms with Crippen LogP contribution in [0.1, 0.15) is 130 Å². The van der Waals surface area contributed by atoms with Crippen molar-refractivity contribution in [2.45, 2.75) is 54.4 Å². The second kappa shape index (κ2) is 27.2. The van der Waals surface area contributed by atoms with E-state index in [9.17, 15) is 156 Å². The zero-order valence-electron chi connectivity index (χ0n) is 74.1. The zero-order valence-corrected chi connectivity index (χ0v) is 74.1. The van der Waals surface area contributed by atoms with Crippen molar-refractivity contribution in [2.75, 3.05) is 6.61 Å². The van der Waals surface area contributed by atoms with Gasteiger partial charge in [0.25, 0.3) is 0 Å². The number of hydrogen-bond donors (Lipinski definition) is 24. The van der Waals surface area contributed by atoms with Gasteiger partial charge in [0, 0.05) is 98.4 Å². The highest BCUT2D eigenvalue weighted by molar-refractivity contribution is 6.66. The lowest BCUT2D eigenvalue weighted by Gasteiger charge is -2.43. The number of rotatable bonds is 16. The minimum atomic E-state index is -2.85. The van der Waals surface area contributed by atoms with Crippen molar-refractivity contribution in [1.29, 1.82) is 0 Å². The van der Waals surface area contributed by atoms with E-state index in [1.165, 1.54) is 24.3 Å². The summed E-state index contributed by atoms with van der Waals surface area (Å²) in [5.74, 6) is -44.8. The standard InChI is InChI=1S/C109H54O40/c110-37-16-32-59-58-30(37)14-28-29(100(131)132)2-21-1-22-3-38(111)55-31-15-36(101(133)134)56-39(112)17-33-61-69(56)60(31)75-78-68(55)54(22)67-53(21)57(28)70(58)80-77(67)84(78)86-83-76-63-35(19-40(113)65(64(32)102(135)136)72(63)74(59)82(80)83)91(126)88-87(76)81-73-62(71(61)79(75)85(81)86)34(90(33)125)18-41(114)66(73)89(88)108(142)145-96-50(123)12-27(13-51(96)124)105(139)147-98-97(146-104(138)24-6-44(117)93(128)45(118)7-24)52(20-143-103(137)23-4-42(115)92(127)43(116)5-23)144-109(149-107(141)26-10-48(121)95(130)49(122)11-26)99(98)148-106(140)25-8-46(119)94(129)47(120)9-25/h1-19,29,36,52,62,64,97-99,109-130H,20H2,(H,131,132)(H,133,134)(H,135,136)/t29?,36?,52?,62?,64?,97-,98+,99?,109+/m1/s1. The minimum absolute atomic E-state index is 0.0220. The van der Waals surface area contributed by atoms with Crippen molar-refractivity contribution in [3.8, 4) is 115 Å². The smallest absolute Gasteiger partial charge is 0.345 e. The zero-order chi connectivity index (χ0) is 103. The van der Waals surface area contributed by atoms with Gasteiger partial charge in [-0.2, -0.15) is 0 Å². The van der Waals surface area contributed by atoms with Gasteiger partial charge in [0.05, 0.1) is 33.4 Å². The monoisotopic (exact) mass is 2000 g/mol. The molecule has 1 fully saturated rings. The Labute approximate surface area is 817 Å². The number of benzene rings is 22. The summed E-state index contributed by atoms with van der Waals surface area (Å²) in [6, 6.07) is 13.2. The molecule has 0 amide bonds. The summed E-state index contributed by atoms with van der Waals surface area (Å²) in [5, 5.41) is 289. The fourth-order valence-corrected chi connectivity index (χ4v) is 25.9. The second-order valence-corrected chi connectivity index (χ2v) is 38.4. The number of esters is 6. The molecule has 0 spiro atoms. The molecule has 7 aliphatic rings. The Hall–Kier alpha value is -20.7. The molecular weight excluding hydrogens is 1950 g/mol. The van der Waals surface area contributed by atoms with Crippen LogP contribution in [0, 0.1) is 0 Å². The van der Waals surface area contributed by atoms with Crippen LogP contribution in [-0.4, -0.2) is 214 Å².